The monoisotopic (exact) mass is 667 g/mol. The van der Waals surface area contributed by atoms with Gasteiger partial charge in [0.05, 0.1) is 11.9 Å². The lowest BCUT2D eigenvalue weighted by Gasteiger charge is -2.34. The molecule has 0 spiro atoms. The Morgan fingerprint density at radius 1 is 0.822 bits per heavy atom. The molecule has 0 aliphatic heterocycles. The molecule has 0 fully saturated rings. The van der Waals surface area contributed by atoms with Gasteiger partial charge in [0.25, 0.3) is 0 Å². The second-order valence-electron chi connectivity index (χ2n) is 10.4. The lowest BCUT2D eigenvalue weighted by atomic mass is 10.0. The first-order valence-electron chi connectivity index (χ1n) is 14.4. The molecule has 0 aliphatic rings. The molecule has 1 N–H and O–H groups in total. The van der Waals surface area contributed by atoms with Crippen LogP contribution in [0.15, 0.2) is 103 Å². The summed E-state index contributed by atoms with van der Waals surface area (Å²) in [5.74, 6) is 0.148. The summed E-state index contributed by atoms with van der Waals surface area (Å²) in [5.41, 5.74) is 1.53. The van der Waals surface area contributed by atoms with E-state index in [0.717, 1.165) is 16.1 Å². The zero-order valence-corrected chi connectivity index (χ0v) is 27.4. The SMILES string of the molecule is CCCNC(=O)[C@@H](Cc1ccccc1)N(Cc1c(Cl)cccc1Cl)C(=O)CN(c1ccc(Oc2ccccc2)cc1)S(C)(=O)=O. The van der Waals surface area contributed by atoms with E-state index in [9.17, 15) is 18.0 Å². The fourth-order valence-electron chi connectivity index (χ4n) is 4.69. The third-order valence-corrected chi connectivity index (χ3v) is 8.84. The van der Waals surface area contributed by atoms with Crippen molar-refractivity contribution in [3.63, 3.8) is 0 Å². The van der Waals surface area contributed by atoms with Gasteiger partial charge in [-0.2, -0.15) is 0 Å². The molecule has 4 aromatic rings. The second-order valence-corrected chi connectivity index (χ2v) is 13.1. The molecule has 236 valence electrons. The number of anilines is 1. The first kappa shape index (κ1) is 33.8. The first-order valence-corrected chi connectivity index (χ1v) is 17.0. The number of ether oxygens (including phenoxy) is 1. The number of amides is 2. The van der Waals surface area contributed by atoms with E-state index in [0.29, 0.717) is 40.1 Å². The van der Waals surface area contributed by atoms with Crippen molar-refractivity contribution >= 4 is 50.7 Å². The highest BCUT2D eigenvalue weighted by molar-refractivity contribution is 7.92. The quantitative estimate of drug-likeness (QED) is 0.161. The van der Waals surface area contributed by atoms with Crippen LogP contribution in [-0.2, 0) is 32.6 Å². The normalized spacial score (nSPS) is 11.8. The molecule has 1 atom stereocenters. The van der Waals surface area contributed by atoms with Crippen molar-refractivity contribution in [3.8, 4) is 11.5 Å². The van der Waals surface area contributed by atoms with Crippen molar-refractivity contribution in [2.24, 2.45) is 0 Å². The van der Waals surface area contributed by atoms with Gasteiger partial charge in [-0.25, -0.2) is 8.42 Å². The average molecular weight is 669 g/mol. The zero-order chi connectivity index (χ0) is 32.4. The van der Waals surface area contributed by atoms with Gasteiger partial charge in [0, 0.05) is 35.1 Å². The molecule has 0 saturated heterocycles. The van der Waals surface area contributed by atoms with Gasteiger partial charge in [0.1, 0.15) is 24.1 Å². The number of nitrogens with one attached hydrogen (secondary N) is 1. The van der Waals surface area contributed by atoms with Crippen LogP contribution >= 0.6 is 23.2 Å². The number of hydrogen-bond donors (Lipinski definition) is 1. The maximum Gasteiger partial charge on any atom is 0.244 e. The summed E-state index contributed by atoms with van der Waals surface area (Å²) in [6.45, 7) is 1.66. The van der Waals surface area contributed by atoms with E-state index in [-0.39, 0.29) is 24.6 Å². The summed E-state index contributed by atoms with van der Waals surface area (Å²) in [6, 6.07) is 28.9. The number of sulfonamides is 1. The Bertz CT molecular complexity index is 1670. The van der Waals surface area contributed by atoms with Crippen LogP contribution in [0.5, 0.6) is 11.5 Å². The van der Waals surface area contributed by atoms with E-state index in [1.165, 1.54) is 4.90 Å². The van der Waals surface area contributed by atoms with Crippen LogP contribution in [0.2, 0.25) is 10.0 Å². The van der Waals surface area contributed by atoms with Crippen LogP contribution in [0, 0.1) is 0 Å². The van der Waals surface area contributed by atoms with Gasteiger partial charge >= 0.3 is 0 Å². The van der Waals surface area contributed by atoms with Crippen molar-refractivity contribution in [2.75, 3.05) is 23.7 Å². The number of nitrogens with zero attached hydrogens (tertiary/aromatic N) is 2. The van der Waals surface area contributed by atoms with Crippen molar-refractivity contribution in [1.82, 2.24) is 10.2 Å². The first-order chi connectivity index (χ1) is 21.6. The molecule has 0 aromatic heterocycles. The molecule has 0 unspecified atom stereocenters. The van der Waals surface area contributed by atoms with Crippen molar-refractivity contribution in [1.29, 1.82) is 0 Å². The highest BCUT2D eigenvalue weighted by Crippen LogP contribution is 2.29. The molecule has 8 nitrogen and oxygen atoms in total. The summed E-state index contributed by atoms with van der Waals surface area (Å²) < 4.78 is 33.0. The molecular formula is C34H35Cl2N3O5S. The fraction of sp³-hybridized carbons (Fsp3) is 0.235. The van der Waals surface area contributed by atoms with Crippen LogP contribution in [-0.4, -0.2) is 50.5 Å². The van der Waals surface area contributed by atoms with Crippen molar-refractivity contribution < 1.29 is 22.7 Å². The number of halogens is 2. The Labute approximate surface area is 274 Å². The molecule has 45 heavy (non-hydrogen) atoms. The van der Waals surface area contributed by atoms with Crippen LogP contribution < -0.4 is 14.4 Å². The third kappa shape index (κ3) is 9.47. The maximum absolute atomic E-state index is 14.2. The Hall–Kier alpha value is -4.05. The molecule has 0 radical (unpaired) electrons. The Morgan fingerprint density at radius 3 is 1.98 bits per heavy atom. The zero-order valence-electron chi connectivity index (χ0n) is 25.0. The topological polar surface area (TPSA) is 96.0 Å². The summed E-state index contributed by atoms with van der Waals surface area (Å²) in [6.07, 6.45) is 1.91. The minimum absolute atomic E-state index is 0.115. The van der Waals surface area contributed by atoms with Gasteiger partial charge in [-0.1, -0.05) is 84.7 Å². The Kier molecular flexibility index (Phi) is 11.9. The summed E-state index contributed by atoms with van der Waals surface area (Å²) >= 11 is 13.0. The van der Waals surface area contributed by atoms with Crippen LogP contribution in [0.1, 0.15) is 24.5 Å². The van der Waals surface area contributed by atoms with Crippen LogP contribution in [0.3, 0.4) is 0 Å². The predicted molar refractivity (Wildman–Crippen MR) is 179 cm³/mol. The van der Waals surface area contributed by atoms with E-state index in [4.69, 9.17) is 27.9 Å². The van der Waals surface area contributed by atoms with E-state index >= 15 is 0 Å². The van der Waals surface area contributed by atoms with E-state index < -0.39 is 28.5 Å². The molecule has 0 heterocycles. The van der Waals surface area contributed by atoms with Gasteiger partial charge < -0.3 is 15.0 Å². The van der Waals surface area contributed by atoms with E-state index in [1.54, 1.807) is 54.6 Å². The summed E-state index contributed by atoms with van der Waals surface area (Å²) in [7, 11) is -3.93. The van der Waals surface area contributed by atoms with Crippen LogP contribution in [0.25, 0.3) is 0 Å². The number of benzene rings is 4. The number of hydrogen-bond acceptors (Lipinski definition) is 5. The second kappa shape index (κ2) is 15.8. The lowest BCUT2D eigenvalue weighted by molar-refractivity contribution is -0.140. The highest BCUT2D eigenvalue weighted by atomic mass is 35.5. The van der Waals surface area contributed by atoms with Gasteiger partial charge in [0.2, 0.25) is 21.8 Å². The minimum Gasteiger partial charge on any atom is -0.457 e. The Balaban J connectivity index is 1.70. The molecule has 0 saturated carbocycles. The molecular weight excluding hydrogens is 633 g/mol. The van der Waals surface area contributed by atoms with Crippen molar-refractivity contribution in [3.05, 3.63) is 124 Å². The molecule has 0 aliphatic carbocycles. The minimum atomic E-state index is -3.93. The predicted octanol–water partition coefficient (Wildman–Crippen LogP) is 6.72. The van der Waals surface area contributed by atoms with Crippen molar-refractivity contribution in [2.45, 2.75) is 32.4 Å². The van der Waals surface area contributed by atoms with Gasteiger partial charge in [-0.15, -0.1) is 0 Å². The van der Waals surface area contributed by atoms with E-state index in [2.05, 4.69) is 5.32 Å². The molecule has 2 amide bonds. The highest BCUT2D eigenvalue weighted by Gasteiger charge is 2.33. The van der Waals surface area contributed by atoms with E-state index in [1.807, 2.05) is 55.5 Å². The number of carbonyl (C=O) groups is 2. The number of carbonyl (C=O) groups excluding carboxylic acids is 2. The third-order valence-electron chi connectivity index (χ3n) is 6.99. The smallest absolute Gasteiger partial charge is 0.244 e. The average Bonchev–Trinajstić information content (AvgIpc) is 3.02. The summed E-state index contributed by atoms with van der Waals surface area (Å²) in [5, 5.41) is 3.54. The van der Waals surface area contributed by atoms with Gasteiger partial charge in [-0.3, -0.25) is 13.9 Å². The Morgan fingerprint density at radius 2 is 1.40 bits per heavy atom. The van der Waals surface area contributed by atoms with Crippen LogP contribution in [0.4, 0.5) is 5.69 Å². The number of rotatable bonds is 14. The molecule has 11 heteroatoms. The largest absolute Gasteiger partial charge is 0.457 e. The number of para-hydroxylation sites is 1. The summed E-state index contributed by atoms with van der Waals surface area (Å²) in [4.78, 5) is 29.2. The van der Waals surface area contributed by atoms with Gasteiger partial charge in [-0.05, 0) is 60.5 Å². The maximum atomic E-state index is 14.2. The molecule has 0 bridgehead atoms. The lowest BCUT2D eigenvalue weighted by Crippen LogP contribution is -2.53. The fourth-order valence-corrected chi connectivity index (χ4v) is 6.06. The van der Waals surface area contributed by atoms with Gasteiger partial charge in [0.15, 0.2) is 0 Å². The standard InChI is InChI=1S/C34H35Cl2N3O5S/c1-3-21-37-34(41)32(22-25-11-6-4-7-12-25)38(23-29-30(35)15-10-16-31(29)36)33(40)24-39(45(2,42)43)26-17-19-28(20-18-26)44-27-13-8-5-9-14-27/h4-20,32H,3,21-24H2,1-2H3,(H,37,41)/t32-/m1/s1. The molecule has 4 rings (SSSR count). The molecule has 4 aromatic carbocycles.